The lowest BCUT2D eigenvalue weighted by molar-refractivity contribution is -0.307. The molecule has 0 bridgehead atoms. The van der Waals surface area contributed by atoms with E-state index in [9.17, 15) is 19.8 Å². The zero-order valence-corrected chi connectivity index (χ0v) is 8.10. The molecule has 0 amide bonds. The normalized spacial score (nSPS) is 9.85. The summed E-state index contributed by atoms with van der Waals surface area (Å²) in [5, 5.41) is 19.9. The van der Waals surface area contributed by atoms with E-state index in [2.05, 4.69) is 0 Å². The first-order chi connectivity index (χ1) is 6.13. The molecule has 4 nitrogen and oxygen atoms in total. The minimum atomic E-state index is -1.03. The molecule has 0 atom stereocenters. The van der Waals surface area contributed by atoms with Crippen molar-refractivity contribution >= 4 is 23.7 Å². The fraction of sp³-hybridized carbons (Fsp3) is 0.750. The summed E-state index contributed by atoms with van der Waals surface area (Å²) in [7, 11) is 0. The summed E-state index contributed by atoms with van der Waals surface area (Å²) in [6.07, 6.45) is 1.32. The van der Waals surface area contributed by atoms with E-state index in [-0.39, 0.29) is 12.8 Å². The van der Waals surface area contributed by atoms with Gasteiger partial charge in [0.2, 0.25) is 0 Å². The van der Waals surface area contributed by atoms with Gasteiger partial charge in [-0.2, -0.15) is 11.8 Å². The fourth-order valence-electron chi connectivity index (χ4n) is 0.739. The first-order valence-electron chi connectivity index (χ1n) is 4.10. The second kappa shape index (κ2) is 7.91. The molecule has 0 aliphatic carbocycles. The number of carbonyl (C=O) groups is 2. The number of carboxylic acid groups (broad SMARTS) is 2. The van der Waals surface area contributed by atoms with Gasteiger partial charge in [0.1, 0.15) is 0 Å². The standard InChI is InChI=1S/C8H14O4S/c9-7(10)3-1-5-13-6-2-4-8(11)12/h1-6H2,(H,9,10)(H,11,12)/p-2. The SMILES string of the molecule is O=C([O-])CCCSCCCC(=O)[O-]. The summed E-state index contributed by atoms with van der Waals surface area (Å²) in [4.78, 5) is 19.9. The molecule has 0 radical (unpaired) electrons. The molecule has 0 aliphatic rings. The number of rotatable bonds is 8. The van der Waals surface area contributed by atoms with E-state index in [1.807, 2.05) is 0 Å². The van der Waals surface area contributed by atoms with Crippen LogP contribution in [0.2, 0.25) is 0 Å². The number of hydrogen-bond donors (Lipinski definition) is 0. The van der Waals surface area contributed by atoms with Crippen molar-refractivity contribution in [3.63, 3.8) is 0 Å². The molecule has 0 aliphatic heterocycles. The predicted molar refractivity (Wildman–Crippen MR) is 45.8 cm³/mol. The lowest BCUT2D eigenvalue weighted by Crippen LogP contribution is -2.22. The Morgan fingerprint density at radius 1 is 0.923 bits per heavy atom. The molecule has 13 heavy (non-hydrogen) atoms. The summed E-state index contributed by atoms with van der Waals surface area (Å²) in [6.45, 7) is 0. The van der Waals surface area contributed by atoms with Crippen molar-refractivity contribution in [2.45, 2.75) is 25.7 Å². The smallest absolute Gasteiger partial charge is 0.0414 e. The Balaban J connectivity index is 3.00. The molecular formula is C8H12O4S-2. The molecule has 5 heteroatoms. The monoisotopic (exact) mass is 204 g/mol. The van der Waals surface area contributed by atoms with Gasteiger partial charge in [-0.3, -0.25) is 0 Å². The molecule has 0 rings (SSSR count). The highest BCUT2D eigenvalue weighted by Crippen LogP contribution is 2.07. The van der Waals surface area contributed by atoms with Crippen molar-refractivity contribution in [3.8, 4) is 0 Å². The van der Waals surface area contributed by atoms with Crippen LogP contribution in [0.5, 0.6) is 0 Å². The maximum Gasteiger partial charge on any atom is 0.0414 e. The van der Waals surface area contributed by atoms with E-state index in [1.165, 1.54) is 0 Å². The van der Waals surface area contributed by atoms with Crippen LogP contribution in [0.25, 0.3) is 0 Å². The highest BCUT2D eigenvalue weighted by atomic mass is 32.2. The van der Waals surface area contributed by atoms with Crippen LogP contribution in [-0.4, -0.2) is 23.4 Å². The Kier molecular flexibility index (Phi) is 7.48. The van der Waals surface area contributed by atoms with E-state index >= 15 is 0 Å². The van der Waals surface area contributed by atoms with Crippen molar-refractivity contribution in [1.29, 1.82) is 0 Å². The molecule has 0 heterocycles. The average molecular weight is 204 g/mol. The molecule has 0 saturated heterocycles. The van der Waals surface area contributed by atoms with Crippen molar-refractivity contribution < 1.29 is 19.8 Å². The van der Waals surface area contributed by atoms with Crippen LogP contribution in [0.4, 0.5) is 0 Å². The number of carboxylic acids is 2. The van der Waals surface area contributed by atoms with Gasteiger partial charge in [0.15, 0.2) is 0 Å². The van der Waals surface area contributed by atoms with E-state index in [1.54, 1.807) is 11.8 Å². The van der Waals surface area contributed by atoms with Crippen LogP contribution < -0.4 is 10.2 Å². The molecule has 0 fully saturated rings. The van der Waals surface area contributed by atoms with Gasteiger partial charge >= 0.3 is 0 Å². The van der Waals surface area contributed by atoms with Crippen LogP contribution in [-0.2, 0) is 9.59 Å². The van der Waals surface area contributed by atoms with Gasteiger partial charge < -0.3 is 19.8 Å². The van der Waals surface area contributed by atoms with Crippen LogP contribution in [0.3, 0.4) is 0 Å². The third-order valence-corrected chi connectivity index (χ3v) is 2.49. The largest absolute Gasteiger partial charge is 0.550 e. The zero-order chi connectivity index (χ0) is 10.1. The van der Waals surface area contributed by atoms with Crippen molar-refractivity contribution in [1.82, 2.24) is 0 Å². The molecule has 0 N–H and O–H groups in total. The second-order valence-corrected chi connectivity index (χ2v) is 3.79. The summed E-state index contributed by atoms with van der Waals surface area (Å²) in [6, 6.07) is 0. The van der Waals surface area contributed by atoms with Gasteiger partial charge in [-0.05, 0) is 37.2 Å². The van der Waals surface area contributed by atoms with Gasteiger partial charge in [-0.1, -0.05) is 0 Å². The van der Waals surface area contributed by atoms with Gasteiger partial charge in [-0.25, -0.2) is 0 Å². The van der Waals surface area contributed by atoms with Crippen LogP contribution >= 0.6 is 11.8 Å². The molecule has 0 aromatic carbocycles. The third kappa shape index (κ3) is 11.3. The predicted octanol–water partition coefficient (Wildman–Crippen LogP) is -1.22. The highest BCUT2D eigenvalue weighted by molar-refractivity contribution is 7.99. The minimum absolute atomic E-state index is 0.0769. The Hall–Kier alpha value is -0.710. The molecule has 0 spiro atoms. The molecule has 0 unspecified atom stereocenters. The average Bonchev–Trinajstić information content (AvgIpc) is 2.01. The number of hydrogen-bond acceptors (Lipinski definition) is 5. The lowest BCUT2D eigenvalue weighted by atomic mass is 10.3. The van der Waals surface area contributed by atoms with E-state index < -0.39 is 11.9 Å². The third-order valence-electron chi connectivity index (χ3n) is 1.34. The molecule has 0 aromatic heterocycles. The maximum absolute atomic E-state index is 9.97. The summed E-state index contributed by atoms with van der Waals surface area (Å²) in [5.41, 5.74) is 0. The molecular weight excluding hydrogens is 192 g/mol. The number of carbonyl (C=O) groups excluding carboxylic acids is 2. The van der Waals surface area contributed by atoms with E-state index in [4.69, 9.17) is 0 Å². The topological polar surface area (TPSA) is 80.3 Å². The Labute approximate surface area is 81.3 Å². The lowest BCUT2D eigenvalue weighted by Gasteiger charge is -2.03. The second-order valence-electron chi connectivity index (χ2n) is 2.56. The maximum atomic E-state index is 9.97. The Morgan fingerprint density at radius 2 is 1.31 bits per heavy atom. The van der Waals surface area contributed by atoms with Crippen molar-refractivity contribution in [3.05, 3.63) is 0 Å². The molecule has 76 valence electrons. The summed E-state index contributed by atoms with van der Waals surface area (Å²) >= 11 is 1.55. The van der Waals surface area contributed by atoms with E-state index in [0.29, 0.717) is 12.8 Å². The highest BCUT2D eigenvalue weighted by Gasteiger charge is 1.92. The van der Waals surface area contributed by atoms with Crippen LogP contribution in [0.1, 0.15) is 25.7 Å². The first-order valence-corrected chi connectivity index (χ1v) is 5.26. The molecule has 0 saturated carbocycles. The Bertz CT molecular complexity index is 152. The summed E-state index contributed by atoms with van der Waals surface area (Å²) in [5.74, 6) is -0.590. The number of thioether (sulfide) groups is 1. The number of aliphatic carboxylic acids is 2. The summed E-state index contributed by atoms with van der Waals surface area (Å²) < 4.78 is 0. The quantitative estimate of drug-likeness (QED) is 0.463. The fourth-order valence-corrected chi connectivity index (χ4v) is 1.64. The van der Waals surface area contributed by atoms with E-state index in [0.717, 1.165) is 11.5 Å². The van der Waals surface area contributed by atoms with Gasteiger partial charge in [0.25, 0.3) is 0 Å². The van der Waals surface area contributed by atoms with Crippen LogP contribution in [0.15, 0.2) is 0 Å². The van der Waals surface area contributed by atoms with Gasteiger partial charge in [-0.15, -0.1) is 0 Å². The molecule has 0 aromatic rings. The first kappa shape index (κ1) is 12.3. The van der Waals surface area contributed by atoms with Gasteiger partial charge in [0, 0.05) is 11.9 Å². The Morgan fingerprint density at radius 3 is 1.62 bits per heavy atom. The van der Waals surface area contributed by atoms with Gasteiger partial charge in [0.05, 0.1) is 0 Å². The minimum Gasteiger partial charge on any atom is -0.550 e. The van der Waals surface area contributed by atoms with Crippen molar-refractivity contribution in [2.75, 3.05) is 11.5 Å². The van der Waals surface area contributed by atoms with Crippen molar-refractivity contribution in [2.24, 2.45) is 0 Å². The van der Waals surface area contributed by atoms with Crippen LogP contribution in [0, 0.1) is 0 Å². The zero-order valence-electron chi connectivity index (χ0n) is 7.28.